The van der Waals surface area contributed by atoms with E-state index in [0.717, 1.165) is 43.5 Å². The van der Waals surface area contributed by atoms with E-state index in [2.05, 4.69) is 16.0 Å². The lowest BCUT2D eigenvalue weighted by atomic mass is 10.2. The number of benzene rings is 2. The van der Waals surface area contributed by atoms with Gasteiger partial charge >= 0.3 is 0 Å². The zero-order valence-electron chi connectivity index (χ0n) is 18.2. The van der Waals surface area contributed by atoms with Crippen LogP contribution in [0.2, 0.25) is 0 Å². The molecule has 0 aliphatic carbocycles. The number of phenols is 2. The van der Waals surface area contributed by atoms with E-state index >= 15 is 0 Å². The zero-order valence-corrected chi connectivity index (χ0v) is 18.2. The molecule has 0 aliphatic heterocycles. The van der Waals surface area contributed by atoms with E-state index in [1.807, 2.05) is 0 Å². The lowest BCUT2D eigenvalue weighted by molar-refractivity contribution is -0.655. The van der Waals surface area contributed by atoms with Crippen molar-refractivity contribution in [3.8, 4) is 11.5 Å². The summed E-state index contributed by atoms with van der Waals surface area (Å²) in [4.78, 5) is 23.6. The van der Waals surface area contributed by atoms with Gasteiger partial charge in [-0.2, -0.15) is 0 Å². The maximum atomic E-state index is 11.8. The van der Waals surface area contributed by atoms with Gasteiger partial charge in [0.05, 0.1) is 13.1 Å². The first kappa shape index (κ1) is 24.7. The van der Waals surface area contributed by atoms with E-state index in [-0.39, 0.29) is 23.3 Å². The average Bonchev–Trinajstić information content (AvgIpc) is 2.79. The molecule has 2 aromatic carbocycles. The minimum atomic E-state index is -0.131. The van der Waals surface area contributed by atoms with Gasteiger partial charge < -0.3 is 26.2 Å². The molecule has 0 aromatic heterocycles. The van der Waals surface area contributed by atoms with E-state index in [9.17, 15) is 19.8 Å². The number of carbonyl (C=O) groups is 2. The summed E-state index contributed by atoms with van der Waals surface area (Å²) in [5.41, 5.74) is 1.72. The van der Waals surface area contributed by atoms with Crippen molar-refractivity contribution in [2.45, 2.75) is 19.3 Å². The zero-order chi connectivity index (χ0) is 23.0. The van der Waals surface area contributed by atoms with Crippen molar-refractivity contribution in [3.05, 3.63) is 71.8 Å². The van der Waals surface area contributed by atoms with Crippen LogP contribution in [0.15, 0.2) is 60.7 Å². The van der Waals surface area contributed by atoms with Gasteiger partial charge in [-0.15, -0.1) is 0 Å². The predicted molar refractivity (Wildman–Crippen MR) is 126 cm³/mol. The van der Waals surface area contributed by atoms with E-state index in [1.54, 1.807) is 60.7 Å². The largest absolute Gasteiger partial charge is 0.508 e. The Hall–Kier alpha value is -3.58. The number of aromatic hydroxyl groups is 2. The van der Waals surface area contributed by atoms with Crippen LogP contribution >= 0.6 is 0 Å². The Morgan fingerprint density at radius 2 is 1.12 bits per heavy atom. The number of rotatable bonds is 13. The van der Waals surface area contributed by atoms with E-state index in [1.165, 1.54) is 12.2 Å². The third kappa shape index (κ3) is 11.0. The number of hydrogen-bond acceptors (Lipinski definition) is 4. The van der Waals surface area contributed by atoms with Gasteiger partial charge in [0.1, 0.15) is 11.5 Å². The average molecular weight is 439 g/mol. The summed E-state index contributed by atoms with van der Waals surface area (Å²) < 4.78 is 0. The van der Waals surface area contributed by atoms with Crippen molar-refractivity contribution in [1.82, 2.24) is 10.6 Å². The number of hydrogen-bond donors (Lipinski definition) is 5. The Morgan fingerprint density at radius 1 is 0.688 bits per heavy atom. The first-order valence-electron chi connectivity index (χ1n) is 10.8. The molecule has 0 bridgehead atoms. The molecule has 170 valence electrons. The second-order valence-corrected chi connectivity index (χ2v) is 7.36. The molecule has 0 saturated carbocycles. The Labute approximate surface area is 188 Å². The molecule has 7 heteroatoms. The van der Waals surface area contributed by atoms with Crippen LogP contribution in [0.5, 0.6) is 11.5 Å². The quantitative estimate of drug-likeness (QED) is 0.242. The Bertz CT molecular complexity index is 815. The molecule has 0 unspecified atom stereocenters. The summed E-state index contributed by atoms with van der Waals surface area (Å²) in [5, 5.41) is 26.4. The highest BCUT2D eigenvalue weighted by molar-refractivity contribution is 5.92. The second kappa shape index (κ2) is 14.4. The number of amides is 2. The van der Waals surface area contributed by atoms with Crippen molar-refractivity contribution < 1.29 is 25.1 Å². The highest BCUT2D eigenvalue weighted by Gasteiger charge is 1.98. The van der Waals surface area contributed by atoms with Gasteiger partial charge in [-0.1, -0.05) is 24.3 Å². The van der Waals surface area contributed by atoms with Crippen LogP contribution in [-0.4, -0.2) is 48.2 Å². The van der Waals surface area contributed by atoms with Crippen LogP contribution in [0.1, 0.15) is 30.4 Å². The van der Waals surface area contributed by atoms with Crippen LogP contribution in [0, 0.1) is 0 Å². The maximum Gasteiger partial charge on any atom is 0.244 e. The lowest BCUT2D eigenvalue weighted by Gasteiger charge is -2.04. The molecule has 0 heterocycles. The molecule has 0 saturated heterocycles. The highest BCUT2D eigenvalue weighted by Crippen LogP contribution is 2.11. The molecular weight excluding hydrogens is 406 g/mol. The molecule has 0 fully saturated rings. The van der Waals surface area contributed by atoms with Crippen LogP contribution in [0.4, 0.5) is 0 Å². The van der Waals surface area contributed by atoms with Crippen molar-refractivity contribution >= 4 is 24.0 Å². The third-order valence-corrected chi connectivity index (χ3v) is 4.66. The van der Waals surface area contributed by atoms with Crippen molar-refractivity contribution in [3.63, 3.8) is 0 Å². The fraction of sp³-hybridized carbons (Fsp3) is 0.280. The summed E-state index contributed by atoms with van der Waals surface area (Å²) >= 11 is 0. The minimum absolute atomic E-state index is 0.128. The smallest absolute Gasteiger partial charge is 0.244 e. The molecule has 7 nitrogen and oxygen atoms in total. The monoisotopic (exact) mass is 438 g/mol. The molecule has 32 heavy (non-hydrogen) atoms. The Morgan fingerprint density at radius 3 is 1.62 bits per heavy atom. The van der Waals surface area contributed by atoms with Crippen LogP contribution in [0.25, 0.3) is 12.2 Å². The fourth-order valence-corrected chi connectivity index (χ4v) is 2.86. The molecule has 0 radical (unpaired) electrons. The second-order valence-electron chi connectivity index (χ2n) is 7.36. The summed E-state index contributed by atoms with van der Waals surface area (Å²) in [6, 6.07) is 13.3. The number of nitrogens with one attached hydrogen (secondary N) is 2. The molecule has 0 spiro atoms. The number of phenolic OH excluding ortho intramolecular Hbond substituents is 2. The van der Waals surface area contributed by atoms with Crippen LogP contribution in [-0.2, 0) is 9.59 Å². The van der Waals surface area contributed by atoms with E-state index < -0.39 is 0 Å². The van der Waals surface area contributed by atoms with Crippen LogP contribution in [0.3, 0.4) is 0 Å². The van der Waals surface area contributed by atoms with Gasteiger partial charge in [0, 0.05) is 31.7 Å². The normalized spacial score (nSPS) is 11.1. The molecule has 2 amide bonds. The predicted octanol–water partition coefficient (Wildman–Crippen LogP) is 1.79. The van der Waals surface area contributed by atoms with Gasteiger partial charge in [-0.05, 0) is 60.4 Å². The van der Waals surface area contributed by atoms with Gasteiger partial charge in [0.15, 0.2) is 0 Å². The Kier molecular flexibility index (Phi) is 11.1. The first-order valence-corrected chi connectivity index (χ1v) is 10.8. The molecule has 6 N–H and O–H groups in total. The number of unbranched alkanes of at least 4 members (excludes halogenated alkanes) is 1. The number of carbonyl (C=O) groups excluding carboxylic acids is 2. The van der Waals surface area contributed by atoms with Gasteiger partial charge in [-0.3, -0.25) is 9.59 Å². The first-order chi connectivity index (χ1) is 15.5. The Balaban J connectivity index is 1.42. The SMILES string of the molecule is O=C(/C=C/c1ccc(O)cc1)NCCCC[NH2+]CCCNC(=O)/C=C/c1ccc(O)cc1. The van der Waals surface area contributed by atoms with E-state index in [4.69, 9.17) is 0 Å². The topological polar surface area (TPSA) is 115 Å². The third-order valence-electron chi connectivity index (χ3n) is 4.66. The van der Waals surface area contributed by atoms with Crippen molar-refractivity contribution in [2.75, 3.05) is 26.2 Å². The van der Waals surface area contributed by atoms with Gasteiger partial charge in [0.2, 0.25) is 11.8 Å². The van der Waals surface area contributed by atoms with Crippen molar-refractivity contribution in [1.29, 1.82) is 0 Å². The lowest BCUT2D eigenvalue weighted by Crippen LogP contribution is -2.84. The molecule has 0 aliphatic rings. The molecule has 2 aromatic rings. The van der Waals surface area contributed by atoms with Crippen LogP contribution < -0.4 is 16.0 Å². The standard InChI is InChI=1S/C25H31N3O4/c29-22-10-4-20(5-11-22)8-14-24(31)27-18-2-1-16-26-17-3-19-28-25(32)15-9-21-6-12-23(30)13-7-21/h4-15,26,29-30H,1-3,16-19H2,(H,27,31)(H,28,32)/p+1/b14-8+,15-9+. The van der Waals surface area contributed by atoms with E-state index in [0.29, 0.717) is 13.1 Å². The van der Waals surface area contributed by atoms with Crippen molar-refractivity contribution in [2.24, 2.45) is 0 Å². The highest BCUT2D eigenvalue weighted by atomic mass is 16.3. The molecule has 0 atom stereocenters. The maximum absolute atomic E-state index is 11.8. The number of quaternary nitrogens is 1. The molecule has 2 rings (SSSR count). The number of nitrogens with two attached hydrogens (primary N) is 1. The summed E-state index contributed by atoms with van der Waals surface area (Å²) in [6.07, 6.45) is 9.21. The minimum Gasteiger partial charge on any atom is -0.508 e. The fourth-order valence-electron chi connectivity index (χ4n) is 2.86. The van der Waals surface area contributed by atoms with Gasteiger partial charge in [-0.25, -0.2) is 0 Å². The summed E-state index contributed by atoms with van der Waals surface area (Å²) in [6.45, 7) is 3.17. The van der Waals surface area contributed by atoms with Gasteiger partial charge in [0.25, 0.3) is 0 Å². The summed E-state index contributed by atoms with van der Waals surface area (Å²) in [5.74, 6) is 0.143. The molecular formula is C25H32N3O4+. The summed E-state index contributed by atoms with van der Waals surface area (Å²) in [7, 11) is 0.